The van der Waals surface area contributed by atoms with E-state index in [1.54, 1.807) is 25.1 Å². The summed E-state index contributed by atoms with van der Waals surface area (Å²) in [7, 11) is 0. The summed E-state index contributed by atoms with van der Waals surface area (Å²) in [4.78, 5) is 22.0. The number of ether oxygens (including phenoxy) is 1. The number of carboxylic acid groups (broad SMARTS) is 1. The van der Waals surface area contributed by atoms with Crippen LogP contribution < -0.4 is 9.72 Å². The molecule has 4 aromatic rings. The van der Waals surface area contributed by atoms with Crippen molar-refractivity contribution in [1.82, 2.24) is 9.97 Å². The van der Waals surface area contributed by atoms with Crippen LogP contribution in [0.25, 0.3) is 22.3 Å². The third kappa shape index (κ3) is 3.42. The fourth-order valence-corrected chi connectivity index (χ4v) is 3.27. The number of aromatic amines is 2. The average Bonchev–Trinajstić information content (AvgIpc) is 3.03. The normalized spacial score (nSPS) is 11.0. The number of nitrogens with zero attached hydrogens (tertiary/aromatic N) is 1. The van der Waals surface area contributed by atoms with E-state index in [4.69, 9.17) is 16.3 Å². The van der Waals surface area contributed by atoms with E-state index in [0.717, 1.165) is 22.3 Å². The molecular weight excluding hydrogens is 378 g/mol. The van der Waals surface area contributed by atoms with E-state index >= 15 is 0 Å². The van der Waals surface area contributed by atoms with Gasteiger partial charge in [0, 0.05) is 12.1 Å². The van der Waals surface area contributed by atoms with E-state index in [-0.39, 0.29) is 11.6 Å². The van der Waals surface area contributed by atoms with Gasteiger partial charge in [0.05, 0.1) is 27.2 Å². The number of H-pyrrole nitrogens is 2. The van der Waals surface area contributed by atoms with Crippen molar-refractivity contribution >= 4 is 28.6 Å². The lowest BCUT2D eigenvalue weighted by molar-refractivity contribution is -0.364. The summed E-state index contributed by atoms with van der Waals surface area (Å²) in [6.45, 7) is 3.75. The molecule has 140 valence electrons. The Kier molecular flexibility index (Phi) is 4.49. The number of aromatic nitrogens is 3. The predicted octanol–water partition coefficient (Wildman–Crippen LogP) is 4.80. The number of pyridine rings is 1. The van der Waals surface area contributed by atoms with Gasteiger partial charge in [-0.25, -0.2) is 9.78 Å². The Morgan fingerprint density at radius 3 is 2.75 bits per heavy atom. The van der Waals surface area contributed by atoms with Crippen LogP contribution in [0, 0.1) is 13.8 Å². The molecule has 0 bridgehead atoms. The maximum absolute atomic E-state index is 11.3. The number of hydrogen-bond donors (Lipinski definition) is 2. The van der Waals surface area contributed by atoms with Crippen LogP contribution in [0.2, 0.25) is 5.02 Å². The zero-order valence-electron chi connectivity index (χ0n) is 15.2. The molecule has 4 rings (SSSR count). The number of aromatic carboxylic acids is 1. The SMILES string of the molecule is Cc1cc[nH+]c(-c2cc3nc(Oc4ccc(C)c(C(=O)O)c4)[nH]c3cc2Cl)c1. The van der Waals surface area contributed by atoms with Crippen LogP contribution in [0.1, 0.15) is 21.5 Å². The number of carboxylic acids is 1. The standard InChI is InChI=1S/C21H16ClN3O3/c1-11-5-6-23-17(7-11)15-9-18-19(10-16(15)22)25-21(24-18)28-13-4-3-12(2)14(8-13)20(26)27/h3-10H,1-2H3,(H,24,25)(H,26,27)/p+1. The largest absolute Gasteiger partial charge is 0.478 e. The highest BCUT2D eigenvalue weighted by molar-refractivity contribution is 6.34. The quantitative estimate of drug-likeness (QED) is 0.520. The number of carbonyl (C=O) groups is 1. The molecule has 7 heteroatoms. The van der Waals surface area contributed by atoms with Gasteiger partial charge < -0.3 is 14.8 Å². The van der Waals surface area contributed by atoms with E-state index in [1.165, 1.54) is 6.07 Å². The minimum atomic E-state index is -1.00. The zero-order chi connectivity index (χ0) is 19.8. The maximum Gasteiger partial charge on any atom is 0.336 e. The fraction of sp³-hybridized carbons (Fsp3) is 0.0952. The van der Waals surface area contributed by atoms with Crippen molar-refractivity contribution in [1.29, 1.82) is 0 Å². The van der Waals surface area contributed by atoms with Gasteiger partial charge in [-0.3, -0.25) is 0 Å². The first-order chi connectivity index (χ1) is 13.4. The summed E-state index contributed by atoms with van der Waals surface area (Å²) >= 11 is 6.46. The summed E-state index contributed by atoms with van der Waals surface area (Å²) in [5.41, 5.74) is 5.10. The van der Waals surface area contributed by atoms with Crippen molar-refractivity contribution in [2.45, 2.75) is 13.8 Å². The van der Waals surface area contributed by atoms with E-state index in [0.29, 0.717) is 21.9 Å². The Balaban J connectivity index is 1.71. The second-order valence-electron chi connectivity index (χ2n) is 6.55. The summed E-state index contributed by atoms with van der Waals surface area (Å²) < 4.78 is 5.73. The molecule has 3 N–H and O–H groups in total. The maximum atomic E-state index is 11.3. The molecule has 0 fully saturated rings. The second-order valence-corrected chi connectivity index (χ2v) is 6.96. The van der Waals surface area contributed by atoms with Gasteiger partial charge in [-0.1, -0.05) is 17.7 Å². The van der Waals surface area contributed by atoms with Crippen molar-refractivity contribution in [3.63, 3.8) is 0 Å². The molecule has 0 amide bonds. The molecule has 6 nitrogen and oxygen atoms in total. The third-order valence-electron chi connectivity index (χ3n) is 4.45. The highest BCUT2D eigenvalue weighted by Gasteiger charge is 2.15. The minimum Gasteiger partial charge on any atom is -0.478 e. The monoisotopic (exact) mass is 394 g/mol. The average molecular weight is 395 g/mol. The first-order valence-electron chi connectivity index (χ1n) is 8.60. The van der Waals surface area contributed by atoms with E-state index in [1.807, 2.05) is 31.3 Å². The van der Waals surface area contributed by atoms with Gasteiger partial charge in [-0.15, -0.1) is 0 Å². The molecule has 28 heavy (non-hydrogen) atoms. The van der Waals surface area contributed by atoms with Crippen molar-refractivity contribution in [2.75, 3.05) is 0 Å². The summed E-state index contributed by atoms with van der Waals surface area (Å²) in [5, 5.41) is 9.84. The Morgan fingerprint density at radius 2 is 2.00 bits per heavy atom. The van der Waals surface area contributed by atoms with Crippen LogP contribution in [0.4, 0.5) is 0 Å². The Labute approximate surface area is 165 Å². The number of rotatable bonds is 4. The summed E-state index contributed by atoms with van der Waals surface area (Å²) in [6.07, 6.45) is 1.86. The molecular formula is C21H17ClN3O3+. The van der Waals surface area contributed by atoms with Gasteiger partial charge in [0.15, 0.2) is 6.20 Å². The number of fused-ring (bicyclic) bond motifs is 1. The predicted molar refractivity (Wildman–Crippen MR) is 106 cm³/mol. The van der Waals surface area contributed by atoms with Gasteiger partial charge in [-0.05, 0) is 49.2 Å². The van der Waals surface area contributed by atoms with Gasteiger partial charge in [0.25, 0.3) is 6.01 Å². The number of benzene rings is 2. The molecule has 0 aliphatic carbocycles. The number of imidazole rings is 1. The van der Waals surface area contributed by atoms with Crippen molar-refractivity contribution in [2.24, 2.45) is 0 Å². The molecule has 0 spiro atoms. The lowest BCUT2D eigenvalue weighted by Gasteiger charge is -2.05. The lowest BCUT2D eigenvalue weighted by atomic mass is 10.1. The Morgan fingerprint density at radius 1 is 1.18 bits per heavy atom. The molecule has 0 unspecified atom stereocenters. The molecule has 2 heterocycles. The van der Waals surface area contributed by atoms with E-state index in [9.17, 15) is 9.90 Å². The topological polar surface area (TPSA) is 89.3 Å². The number of halogens is 1. The number of aryl methyl sites for hydroxylation is 2. The molecule has 0 saturated carbocycles. The van der Waals surface area contributed by atoms with Gasteiger partial charge in [-0.2, -0.15) is 4.98 Å². The molecule has 2 aromatic carbocycles. The lowest BCUT2D eigenvalue weighted by Crippen LogP contribution is -2.05. The van der Waals surface area contributed by atoms with Gasteiger partial charge in [0.2, 0.25) is 5.69 Å². The molecule has 0 saturated heterocycles. The zero-order valence-corrected chi connectivity index (χ0v) is 16.0. The summed E-state index contributed by atoms with van der Waals surface area (Å²) in [5.74, 6) is -0.612. The minimum absolute atomic E-state index is 0.189. The molecule has 0 atom stereocenters. The fourth-order valence-electron chi connectivity index (χ4n) is 3.00. The highest BCUT2D eigenvalue weighted by atomic mass is 35.5. The first-order valence-corrected chi connectivity index (χ1v) is 8.98. The summed E-state index contributed by atoms with van der Waals surface area (Å²) in [6, 6.07) is 12.8. The number of nitrogens with one attached hydrogen (secondary N) is 2. The third-order valence-corrected chi connectivity index (χ3v) is 4.76. The van der Waals surface area contributed by atoms with Crippen molar-refractivity contribution in [3.05, 3.63) is 70.4 Å². The van der Waals surface area contributed by atoms with Gasteiger partial charge in [0.1, 0.15) is 5.75 Å². The van der Waals surface area contributed by atoms with Crippen LogP contribution in [-0.2, 0) is 0 Å². The van der Waals surface area contributed by atoms with Crippen LogP contribution in [0.3, 0.4) is 0 Å². The molecule has 0 aliphatic heterocycles. The van der Waals surface area contributed by atoms with Gasteiger partial charge >= 0.3 is 5.97 Å². The number of hydrogen-bond acceptors (Lipinski definition) is 3. The van der Waals surface area contributed by atoms with Crippen LogP contribution >= 0.6 is 11.6 Å². The van der Waals surface area contributed by atoms with Crippen LogP contribution in [-0.4, -0.2) is 21.0 Å². The molecule has 0 aliphatic rings. The van der Waals surface area contributed by atoms with Crippen molar-refractivity contribution < 1.29 is 19.6 Å². The highest BCUT2D eigenvalue weighted by Crippen LogP contribution is 2.31. The van der Waals surface area contributed by atoms with E-state index < -0.39 is 5.97 Å². The molecule has 0 radical (unpaired) electrons. The van der Waals surface area contributed by atoms with Crippen LogP contribution in [0.5, 0.6) is 11.8 Å². The smallest absolute Gasteiger partial charge is 0.336 e. The van der Waals surface area contributed by atoms with Crippen molar-refractivity contribution in [3.8, 4) is 23.0 Å². The second kappa shape index (κ2) is 6.98. The Hall–Kier alpha value is -3.38. The van der Waals surface area contributed by atoms with E-state index in [2.05, 4.69) is 15.0 Å². The Bertz CT molecular complexity index is 1220. The van der Waals surface area contributed by atoms with Crippen LogP contribution in [0.15, 0.2) is 48.7 Å². The first kappa shape index (κ1) is 18.0. The molecule has 2 aromatic heterocycles.